The molecule has 4 rings (SSSR count). The maximum absolute atomic E-state index is 10.9. The van der Waals surface area contributed by atoms with E-state index in [1.165, 1.54) is 32.1 Å². The van der Waals surface area contributed by atoms with Crippen molar-refractivity contribution in [2.24, 2.45) is 29.4 Å². The molecule has 4 aliphatic rings. The second-order valence-electron chi connectivity index (χ2n) is 5.99. The van der Waals surface area contributed by atoms with E-state index >= 15 is 0 Å². The number of hydrogen-bond acceptors (Lipinski definition) is 2. The Morgan fingerprint density at radius 2 is 1.60 bits per heavy atom. The number of rotatable bonds is 2. The van der Waals surface area contributed by atoms with Gasteiger partial charge in [0.25, 0.3) is 0 Å². The van der Waals surface area contributed by atoms with E-state index in [0.717, 1.165) is 11.8 Å². The van der Waals surface area contributed by atoms with Crippen LogP contribution in [0.2, 0.25) is 0 Å². The Kier molecular flexibility index (Phi) is 1.91. The molecule has 3 heteroatoms. The largest absolute Gasteiger partial charge is 0.481 e. The van der Waals surface area contributed by atoms with Crippen LogP contribution >= 0.6 is 0 Å². The summed E-state index contributed by atoms with van der Waals surface area (Å²) in [5, 5.41) is 8.98. The van der Waals surface area contributed by atoms with Gasteiger partial charge in [0.1, 0.15) is 0 Å². The zero-order chi connectivity index (χ0) is 10.6. The van der Waals surface area contributed by atoms with Crippen LogP contribution in [0.1, 0.15) is 38.5 Å². The van der Waals surface area contributed by atoms with Gasteiger partial charge in [-0.15, -0.1) is 0 Å². The molecule has 4 saturated carbocycles. The molecule has 4 bridgehead atoms. The van der Waals surface area contributed by atoms with Crippen molar-refractivity contribution >= 4 is 5.97 Å². The second kappa shape index (κ2) is 2.97. The first-order valence-corrected chi connectivity index (χ1v) is 6.08. The summed E-state index contributed by atoms with van der Waals surface area (Å²) in [5.41, 5.74) is 6.04. The Balaban J connectivity index is 1.87. The third kappa shape index (κ3) is 1.32. The standard InChI is InChI=1S/C12H19NO2/c13-12(6-11(14)15)9-2-7-1-8(4-9)5-10(12)3-7/h7-10H,1-6,13H2,(H,14,15). The lowest BCUT2D eigenvalue weighted by molar-refractivity contribution is -0.143. The van der Waals surface area contributed by atoms with Crippen molar-refractivity contribution < 1.29 is 9.90 Å². The lowest BCUT2D eigenvalue weighted by Gasteiger charge is -2.59. The summed E-state index contributed by atoms with van der Waals surface area (Å²) >= 11 is 0. The van der Waals surface area contributed by atoms with E-state index in [1.54, 1.807) is 0 Å². The van der Waals surface area contributed by atoms with Crippen LogP contribution in [-0.2, 0) is 4.79 Å². The monoisotopic (exact) mass is 209 g/mol. The number of aliphatic carboxylic acids is 1. The van der Waals surface area contributed by atoms with E-state index in [0.29, 0.717) is 11.8 Å². The minimum Gasteiger partial charge on any atom is -0.481 e. The predicted octanol–water partition coefficient (Wildman–Crippen LogP) is 1.61. The van der Waals surface area contributed by atoms with Gasteiger partial charge in [-0.05, 0) is 55.8 Å². The van der Waals surface area contributed by atoms with Gasteiger partial charge >= 0.3 is 5.97 Å². The second-order valence-corrected chi connectivity index (χ2v) is 5.99. The zero-order valence-electron chi connectivity index (χ0n) is 8.98. The van der Waals surface area contributed by atoms with Crippen molar-refractivity contribution in [2.75, 3.05) is 0 Å². The number of hydrogen-bond donors (Lipinski definition) is 2. The molecule has 0 atom stereocenters. The van der Waals surface area contributed by atoms with Crippen LogP contribution in [0.25, 0.3) is 0 Å². The highest BCUT2D eigenvalue weighted by Crippen LogP contribution is 2.58. The van der Waals surface area contributed by atoms with Gasteiger partial charge < -0.3 is 10.8 Å². The predicted molar refractivity (Wildman–Crippen MR) is 56.2 cm³/mol. The molecule has 0 amide bonds. The Morgan fingerprint density at radius 1 is 1.13 bits per heavy atom. The number of nitrogens with two attached hydrogens (primary N) is 1. The quantitative estimate of drug-likeness (QED) is 0.726. The van der Waals surface area contributed by atoms with Crippen LogP contribution < -0.4 is 5.73 Å². The molecule has 0 heterocycles. The first-order valence-electron chi connectivity index (χ1n) is 6.08. The molecular formula is C12H19NO2. The first-order chi connectivity index (χ1) is 7.08. The summed E-state index contributed by atoms with van der Waals surface area (Å²) in [5.74, 6) is 1.98. The summed E-state index contributed by atoms with van der Waals surface area (Å²) in [4.78, 5) is 10.9. The van der Waals surface area contributed by atoms with Gasteiger partial charge in [0, 0.05) is 5.54 Å². The lowest BCUT2D eigenvalue weighted by Crippen LogP contribution is -2.63. The Morgan fingerprint density at radius 3 is 2.00 bits per heavy atom. The highest BCUT2D eigenvalue weighted by molar-refractivity contribution is 5.68. The zero-order valence-corrected chi connectivity index (χ0v) is 8.98. The normalized spacial score (nSPS) is 52.1. The molecule has 84 valence electrons. The maximum Gasteiger partial charge on any atom is 0.305 e. The number of carbonyl (C=O) groups is 1. The fraction of sp³-hybridized carbons (Fsp3) is 0.917. The minimum absolute atomic E-state index is 0.182. The topological polar surface area (TPSA) is 63.3 Å². The third-order valence-electron chi connectivity index (χ3n) is 5.12. The first kappa shape index (κ1) is 9.64. The molecule has 0 unspecified atom stereocenters. The van der Waals surface area contributed by atoms with Gasteiger partial charge in [-0.2, -0.15) is 0 Å². The van der Waals surface area contributed by atoms with Crippen LogP contribution in [0.15, 0.2) is 0 Å². The Bertz CT molecular complexity index is 272. The molecule has 0 spiro atoms. The van der Waals surface area contributed by atoms with Crippen molar-refractivity contribution in [1.29, 1.82) is 0 Å². The number of carboxylic acid groups (broad SMARTS) is 1. The average Bonchev–Trinajstić information content (AvgIpc) is 2.12. The molecule has 3 N–H and O–H groups in total. The molecule has 0 aliphatic heterocycles. The molecule has 0 aromatic carbocycles. The van der Waals surface area contributed by atoms with Crippen molar-refractivity contribution in [3.8, 4) is 0 Å². The van der Waals surface area contributed by atoms with Crippen molar-refractivity contribution in [3.63, 3.8) is 0 Å². The van der Waals surface area contributed by atoms with E-state index in [4.69, 9.17) is 10.8 Å². The van der Waals surface area contributed by atoms with Gasteiger partial charge in [-0.1, -0.05) is 0 Å². The van der Waals surface area contributed by atoms with Crippen LogP contribution in [-0.4, -0.2) is 16.6 Å². The Labute approximate surface area is 90.0 Å². The van der Waals surface area contributed by atoms with Crippen LogP contribution in [0.5, 0.6) is 0 Å². The van der Waals surface area contributed by atoms with E-state index in [2.05, 4.69) is 0 Å². The van der Waals surface area contributed by atoms with Gasteiger partial charge in [0.05, 0.1) is 6.42 Å². The number of carboxylic acids is 1. The van der Waals surface area contributed by atoms with Crippen LogP contribution in [0.4, 0.5) is 0 Å². The van der Waals surface area contributed by atoms with E-state index in [9.17, 15) is 4.79 Å². The summed E-state index contributed by atoms with van der Waals surface area (Å²) in [7, 11) is 0. The SMILES string of the molecule is NC1(CC(=O)O)C2CC3CC(C2)CC1C3. The third-order valence-corrected chi connectivity index (χ3v) is 5.12. The van der Waals surface area contributed by atoms with Crippen LogP contribution in [0.3, 0.4) is 0 Å². The summed E-state index contributed by atoms with van der Waals surface area (Å²) in [6.45, 7) is 0. The van der Waals surface area contributed by atoms with E-state index in [-0.39, 0.29) is 12.0 Å². The van der Waals surface area contributed by atoms with E-state index in [1.807, 2.05) is 0 Å². The molecule has 0 aromatic rings. The molecule has 15 heavy (non-hydrogen) atoms. The molecule has 0 aromatic heterocycles. The minimum atomic E-state index is -0.718. The lowest BCUT2D eigenvalue weighted by atomic mass is 9.48. The van der Waals surface area contributed by atoms with Crippen molar-refractivity contribution in [1.82, 2.24) is 0 Å². The maximum atomic E-state index is 10.9. The molecule has 0 radical (unpaired) electrons. The van der Waals surface area contributed by atoms with Crippen molar-refractivity contribution in [2.45, 2.75) is 44.1 Å². The highest BCUT2D eigenvalue weighted by Gasteiger charge is 2.55. The molecule has 4 aliphatic carbocycles. The average molecular weight is 209 g/mol. The van der Waals surface area contributed by atoms with Gasteiger partial charge in [-0.3, -0.25) is 4.79 Å². The van der Waals surface area contributed by atoms with Gasteiger partial charge in [0.2, 0.25) is 0 Å². The summed E-state index contributed by atoms with van der Waals surface area (Å²) in [6, 6.07) is 0. The fourth-order valence-corrected chi connectivity index (χ4v) is 4.61. The molecule has 3 nitrogen and oxygen atoms in total. The van der Waals surface area contributed by atoms with E-state index < -0.39 is 5.97 Å². The molecule has 4 fully saturated rings. The summed E-state index contributed by atoms with van der Waals surface area (Å²) in [6.07, 6.45) is 6.33. The smallest absolute Gasteiger partial charge is 0.305 e. The molecule has 0 saturated heterocycles. The summed E-state index contributed by atoms with van der Waals surface area (Å²) < 4.78 is 0. The van der Waals surface area contributed by atoms with Crippen LogP contribution in [0, 0.1) is 23.7 Å². The molecular weight excluding hydrogens is 190 g/mol. The van der Waals surface area contributed by atoms with Gasteiger partial charge in [-0.25, -0.2) is 0 Å². The fourth-order valence-electron chi connectivity index (χ4n) is 4.61. The van der Waals surface area contributed by atoms with Gasteiger partial charge in [0.15, 0.2) is 0 Å². The highest BCUT2D eigenvalue weighted by atomic mass is 16.4. The van der Waals surface area contributed by atoms with Crippen molar-refractivity contribution in [3.05, 3.63) is 0 Å². The Hall–Kier alpha value is -0.570.